The van der Waals surface area contributed by atoms with Gasteiger partial charge < -0.3 is 15.4 Å². The van der Waals surface area contributed by atoms with Crippen molar-refractivity contribution in [2.24, 2.45) is 0 Å². The van der Waals surface area contributed by atoms with E-state index in [2.05, 4.69) is 44.4 Å². The van der Waals surface area contributed by atoms with Crippen LogP contribution in [0.1, 0.15) is 68.8 Å². The van der Waals surface area contributed by atoms with Gasteiger partial charge in [-0.2, -0.15) is 0 Å². The van der Waals surface area contributed by atoms with Crippen molar-refractivity contribution in [3.05, 3.63) is 21.4 Å². The summed E-state index contributed by atoms with van der Waals surface area (Å²) in [6.45, 7) is 14.8. The highest BCUT2D eigenvalue weighted by Gasteiger charge is 2.19. The molecule has 5 heteroatoms. The fraction of sp³-hybridized carbons (Fsp3) is 0.722. The van der Waals surface area contributed by atoms with Crippen LogP contribution in [0.3, 0.4) is 0 Å². The number of rotatable bonds is 7. The smallest absolute Gasteiger partial charge is 0.407 e. The maximum atomic E-state index is 11.8. The zero-order valence-corrected chi connectivity index (χ0v) is 16.4. The summed E-state index contributed by atoms with van der Waals surface area (Å²) < 4.78 is 5.30. The predicted octanol–water partition coefficient (Wildman–Crippen LogP) is 4.71. The molecule has 4 nitrogen and oxygen atoms in total. The number of amides is 1. The van der Waals surface area contributed by atoms with Crippen LogP contribution in [0.25, 0.3) is 0 Å². The van der Waals surface area contributed by atoms with Crippen LogP contribution in [0.4, 0.5) is 4.79 Å². The number of aryl methyl sites for hydroxylation is 2. The average Bonchev–Trinajstić information content (AvgIpc) is 2.73. The Balaban J connectivity index is 2.57. The van der Waals surface area contributed by atoms with E-state index in [1.165, 1.54) is 15.3 Å². The molecular formula is C18H32N2O2S. The molecule has 0 radical (unpaired) electrons. The molecule has 1 amide bonds. The van der Waals surface area contributed by atoms with Crippen LogP contribution in [0, 0.1) is 13.8 Å². The molecule has 0 fully saturated rings. The minimum Gasteiger partial charge on any atom is -0.444 e. The van der Waals surface area contributed by atoms with E-state index in [1.807, 2.05) is 32.1 Å². The van der Waals surface area contributed by atoms with Crippen molar-refractivity contribution in [2.75, 3.05) is 6.54 Å². The highest BCUT2D eigenvalue weighted by molar-refractivity contribution is 7.12. The van der Waals surface area contributed by atoms with E-state index < -0.39 is 5.60 Å². The number of nitrogens with one attached hydrogen (secondary N) is 2. The first kappa shape index (κ1) is 20.0. The van der Waals surface area contributed by atoms with Gasteiger partial charge in [0.2, 0.25) is 0 Å². The standard InChI is InChI=1S/C18H32N2O2S/c1-8-9-15(11-19-17(21)22-18(5,6)7)20-13(3)16-10-12(2)23-14(16)4/h10,13,15,20H,8-9,11H2,1-7H3,(H,19,21). The van der Waals surface area contributed by atoms with Gasteiger partial charge in [0.05, 0.1) is 0 Å². The first-order valence-electron chi connectivity index (χ1n) is 8.42. The van der Waals surface area contributed by atoms with Crippen LogP contribution >= 0.6 is 11.3 Å². The van der Waals surface area contributed by atoms with Crippen LogP contribution in [0.2, 0.25) is 0 Å². The van der Waals surface area contributed by atoms with Crippen molar-refractivity contribution in [2.45, 2.75) is 79.0 Å². The van der Waals surface area contributed by atoms with Crippen molar-refractivity contribution in [1.29, 1.82) is 0 Å². The molecule has 23 heavy (non-hydrogen) atoms. The lowest BCUT2D eigenvalue weighted by Gasteiger charge is -2.25. The van der Waals surface area contributed by atoms with Gasteiger partial charge >= 0.3 is 6.09 Å². The lowest BCUT2D eigenvalue weighted by molar-refractivity contribution is 0.0521. The molecule has 0 aromatic carbocycles. The van der Waals surface area contributed by atoms with Gasteiger partial charge in [-0.15, -0.1) is 11.3 Å². The largest absolute Gasteiger partial charge is 0.444 e. The van der Waals surface area contributed by atoms with Crippen molar-refractivity contribution in [3.8, 4) is 0 Å². The molecule has 2 N–H and O–H groups in total. The second-order valence-corrected chi connectivity index (χ2v) is 8.59. The number of hydrogen-bond acceptors (Lipinski definition) is 4. The van der Waals surface area contributed by atoms with Crippen LogP contribution in [-0.2, 0) is 4.74 Å². The van der Waals surface area contributed by atoms with Crippen LogP contribution in [0.5, 0.6) is 0 Å². The Morgan fingerprint density at radius 1 is 1.35 bits per heavy atom. The SMILES string of the molecule is CCCC(CNC(=O)OC(C)(C)C)NC(C)c1cc(C)sc1C. The lowest BCUT2D eigenvalue weighted by Crippen LogP contribution is -2.43. The molecule has 1 aromatic rings. The number of carbonyl (C=O) groups is 1. The lowest BCUT2D eigenvalue weighted by atomic mass is 10.1. The van der Waals surface area contributed by atoms with E-state index in [0.29, 0.717) is 6.54 Å². The molecule has 0 spiro atoms. The normalized spacial score (nSPS) is 14.4. The van der Waals surface area contributed by atoms with E-state index in [-0.39, 0.29) is 18.2 Å². The highest BCUT2D eigenvalue weighted by Crippen LogP contribution is 2.26. The second kappa shape index (κ2) is 8.69. The fourth-order valence-corrected chi connectivity index (χ4v) is 3.66. The first-order chi connectivity index (χ1) is 10.6. The monoisotopic (exact) mass is 340 g/mol. The summed E-state index contributed by atoms with van der Waals surface area (Å²) in [5.74, 6) is 0. The maximum absolute atomic E-state index is 11.8. The Labute approximate surface area is 145 Å². The van der Waals surface area contributed by atoms with Crippen LogP contribution in [-0.4, -0.2) is 24.3 Å². The zero-order chi connectivity index (χ0) is 17.6. The van der Waals surface area contributed by atoms with Crippen LogP contribution in [0.15, 0.2) is 6.07 Å². The molecule has 2 unspecified atom stereocenters. The summed E-state index contributed by atoms with van der Waals surface area (Å²) >= 11 is 1.83. The van der Waals surface area contributed by atoms with Gasteiger partial charge in [0.25, 0.3) is 0 Å². The molecule has 132 valence electrons. The molecule has 0 aliphatic carbocycles. The summed E-state index contributed by atoms with van der Waals surface area (Å²) in [4.78, 5) is 14.5. The minimum absolute atomic E-state index is 0.238. The van der Waals surface area contributed by atoms with E-state index in [1.54, 1.807) is 0 Å². The van der Waals surface area contributed by atoms with E-state index in [0.717, 1.165) is 12.8 Å². The number of carbonyl (C=O) groups excluding carboxylic acids is 1. The fourth-order valence-electron chi connectivity index (χ4n) is 2.64. The third-order valence-corrected chi connectivity index (χ3v) is 4.54. The highest BCUT2D eigenvalue weighted by atomic mass is 32.1. The van der Waals surface area contributed by atoms with E-state index >= 15 is 0 Å². The Morgan fingerprint density at radius 3 is 2.48 bits per heavy atom. The van der Waals surface area contributed by atoms with Gasteiger partial charge in [0.1, 0.15) is 5.60 Å². The second-order valence-electron chi connectivity index (χ2n) is 7.13. The molecule has 1 aromatic heterocycles. The van der Waals surface area contributed by atoms with Gasteiger partial charge in [0, 0.05) is 28.4 Å². The molecule has 1 rings (SSSR count). The number of hydrogen-bond donors (Lipinski definition) is 2. The van der Waals surface area contributed by atoms with Crippen LogP contribution < -0.4 is 10.6 Å². The molecular weight excluding hydrogens is 308 g/mol. The van der Waals surface area contributed by atoms with Crippen molar-refractivity contribution >= 4 is 17.4 Å². The first-order valence-corrected chi connectivity index (χ1v) is 9.24. The topological polar surface area (TPSA) is 50.4 Å². The molecule has 2 atom stereocenters. The van der Waals surface area contributed by atoms with Crippen molar-refractivity contribution in [3.63, 3.8) is 0 Å². The quantitative estimate of drug-likeness (QED) is 0.756. The predicted molar refractivity (Wildman–Crippen MR) is 98.3 cm³/mol. The molecule has 0 aliphatic heterocycles. The van der Waals surface area contributed by atoms with Gasteiger partial charge in [-0.05, 0) is 59.6 Å². The number of ether oxygens (including phenoxy) is 1. The molecule has 0 saturated heterocycles. The summed E-state index contributed by atoms with van der Waals surface area (Å²) in [6, 6.07) is 2.76. The Morgan fingerprint density at radius 2 is 2.00 bits per heavy atom. The van der Waals surface area contributed by atoms with Gasteiger partial charge in [-0.3, -0.25) is 0 Å². The molecule has 0 bridgehead atoms. The van der Waals surface area contributed by atoms with E-state index in [9.17, 15) is 4.79 Å². The summed E-state index contributed by atoms with van der Waals surface area (Å²) in [5, 5.41) is 6.52. The summed E-state index contributed by atoms with van der Waals surface area (Å²) in [6.07, 6.45) is 1.74. The third kappa shape index (κ3) is 7.36. The van der Waals surface area contributed by atoms with Crippen molar-refractivity contribution < 1.29 is 9.53 Å². The molecule has 1 heterocycles. The summed E-state index contributed by atoms with van der Waals surface area (Å²) in [5.41, 5.74) is 0.891. The average molecular weight is 341 g/mol. The number of alkyl carbamates (subject to hydrolysis) is 1. The van der Waals surface area contributed by atoms with Gasteiger partial charge in [-0.25, -0.2) is 4.79 Å². The summed E-state index contributed by atoms with van der Waals surface area (Å²) in [7, 11) is 0. The van der Waals surface area contributed by atoms with Gasteiger partial charge in [0.15, 0.2) is 0 Å². The third-order valence-electron chi connectivity index (χ3n) is 3.56. The van der Waals surface area contributed by atoms with Gasteiger partial charge in [-0.1, -0.05) is 13.3 Å². The molecule has 0 saturated carbocycles. The Bertz CT molecular complexity index is 506. The number of thiophene rings is 1. The maximum Gasteiger partial charge on any atom is 0.407 e. The van der Waals surface area contributed by atoms with E-state index in [4.69, 9.17) is 4.74 Å². The Hall–Kier alpha value is -1.07. The molecule has 0 aliphatic rings. The minimum atomic E-state index is -0.462. The van der Waals surface area contributed by atoms with Crippen molar-refractivity contribution in [1.82, 2.24) is 10.6 Å². The Kier molecular flexibility index (Phi) is 7.55. The zero-order valence-electron chi connectivity index (χ0n) is 15.6.